The van der Waals surface area contributed by atoms with Crippen molar-refractivity contribution >= 4 is 39.8 Å². The second-order valence-electron chi connectivity index (χ2n) is 6.76. The van der Waals surface area contributed by atoms with Crippen molar-refractivity contribution in [1.29, 1.82) is 0 Å². The maximum Gasteiger partial charge on any atom is 0.341 e. The molecule has 31 heavy (non-hydrogen) atoms. The Labute approximate surface area is 194 Å². The number of hydrogen-bond donors (Lipinski definition) is 0. The number of carbonyl (C=O) groups excluding carboxylic acids is 1. The van der Waals surface area contributed by atoms with Crippen LogP contribution < -0.4 is 0 Å². The summed E-state index contributed by atoms with van der Waals surface area (Å²) in [5, 5.41) is 4.14. The monoisotopic (exact) mass is 543 g/mol. The fourth-order valence-corrected chi connectivity index (χ4v) is 3.49. The second-order valence-corrected chi connectivity index (χ2v) is 8.34. The van der Waals surface area contributed by atoms with E-state index >= 15 is 0 Å². The number of carbonyl (C=O) groups is 1. The van der Waals surface area contributed by atoms with Crippen LogP contribution in [0.25, 0.3) is 5.57 Å². The van der Waals surface area contributed by atoms with E-state index in [-0.39, 0.29) is 12.2 Å². The minimum absolute atomic E-state index is 0.0714. The normalized spacial score (nSPS) is 12.5. The molecule has 0 saturated heterocycles. The van der Waals surface area contributed by atoms with Gasteiger partial charge in [0.2, 0.25) is 0 Å². The lowest BCUT2D eigenvalue weighted by atomic mass is 9.97. The van der Waals surface area contributed by atoms with Crippen molar-refractivity contribution in [3.63, 3.8) is 0 Å². The lowest BCUT2D eigenvalue weighted by Crippen LogP contribution is -2.13. The van der Waals surface area contributed by atoms with Crippen molar-refractivity contribution in [2.24, 2.45) is 5.16 Å². The van der Waals surface area contributed by atoms with Gasteiger partial charge in [-0.3, -0.25) is 0 Å². The van der Waals surface area contributed by atoms with E-state index in [0.717, 1.165) is 33.7 Å². The molecular formula is C23H24F2INO4. The number of esters is 1. The average Bonchev–Trinajstić information content (AvgIpc) is 2.72. The minimum Gasteiger partial charge on any atom is -0.503 e. The number of rotatable bonds is 9. The molecule has 0 radical (unpaired) electrons. The van der Waals surface area contributed by atoms with Crippen LogP contribution in [0, 0.1) is 6.92 Å². The highest BCUT2D eigenvalue weighted by Gasteiger charge is 2.26. The second kappa shape index (κ2) is 11.2. The van der Waals surface area contributed by atoms with Gasteiger partial charge in [-0.05, 0) is 53.1 Å². The quantitative estimate of drug-likeness (QED) is 0.0779. The maximum atomic E-state index is 13.5. The molecule has 0 aliphatic heterocycles. The summed E-state index contributed by atoms with van der Waals surface area (Å²) in [5.74, 6) is -0.540. The highest BCUT2D eigenvalue weighted by Crippen LogP contribution is 2.29. The van der Waals surface area contributed by atoms with Crippen molar-refractivity contribution in [3.8, 4) is 0 Å². The molecule has 0 aliphatic carbocycles. The first-order valence-corrected chi connectivity index (χ1v) is 10.5. The van der Waals surface area contributed by atoms with Crippen LogP contribution in [-0.2, 0) is 32.1 Å². The number of ether oxygens (including phenoxy) is 2. The van der Waals surface area contributed by atoms with E-state index < -0.39 is 16.3 Å². The van der Waals surface area contributed by atoms with E-state index in [1.165, 1.54) is 20.5 Å². The molecule has 166 valence electrons. The first kappa shape index (κ1) is 24.8. The van der Waals surface area contributed by atoms with Gasteiger partial charge in [-0.1, -0.05) is 47.6 Å². The van der Waals surface area contributed by atoms with Gasteiger partial charge in [-0.2, -0.15) is 8.78 Å². The van der Waals surface area contributed by atoms with E-state index in [2.05, 4.69) is 5.16 Å². The number of benzene rings is 2. The van der Waals surface area contributed by atoms with Crippen molar-refractivity contribution in [2.75, 3.05) is 14.2 Å². The smallest absolute Gasteiger partial charge is 0.341 e. The van der Waals surface area contributed by atoms with Crippen LogP contribution >= 0.6 is 22.6 Å². The Balaban J connectivity index is 2.30. The molecule has 0 spiro atoms. The highest BCUT2D eigenvalue weighted by atomic mass is 127. The zero-order chi connectivity index (χ0) is 23.0. The Morgan fingerprint density at radius 2 is 1.81 bits per heavy atom. The molecule has 0 fully saturated rings. The third kappa shape index (κ3) is 7.02. The summed E-state index contributed by atoms with van der Waals surface area (Å²) < 4.78 is 34.0. The summed E-state index contributed by atoms with van der Waals surface area (Å²) in [4.78, 5) is 17.7. The Kier molecular flexibility index (Phi) is 8.97. The standard InChI is InChI=1S/C23H24F2INO4/c1-15-8-7-11-19(21(13-29-3)22(28)30-4)20(15)14-31-27-16(2)18-10-6-5-9-17(18)12-23(24,25)26/h5-11,13H,12,14H2,1-4H3/b21-13+,27-16+. The summed E-state index contributed by atoms with van der Waals surface area (Å²) >= 11 is 1.13. The molecule has 0 aliphatic rings. The molecule has 0 N–H and O–H groups in total. The molecule has 0 bridgehead atoms. The number of aryl methyl sites for hydroxylation is 1. The zero-order valence-electron chi connectivity index (χ0n) is 17.7. The van der Waals surface area contributed by atoms with E-state index in [4.69, 9.17) is 14.3 Å². The van der Waals surface area contributed by atoms with Gasteiger partial charge in [-0.15, -0.1) is 0 Å². The van der Waals surface area contributed by atoms with Crippen LogP contribution in [0.1, 0.15) is 34.7 Å². The van der Waals surface area contributed by atoms with Gasteiger partial charge < -0.3 is 14.3 Å². The molecule has 0 aromatic heterocycles. The van der Waals surface area contributed by atoms with Crippen LogP contribution in [0.4, 0.5) is 8.78 Å². The molecular weight excluding hydrogens is 519 g/mol. The predicted octanol–water partition coefficient (Wildman–Crippen LogP) is 5.67. The summed E-state index contributed by atoms with van der Waals surface area (Å²) in [6, 6.07) is 12.3. The van der Waals surface area contributed by atoms with Crippen molar-refractivity contribution in [2.45, 2.75) is 30.8 Å². The highest BCUT2D eigenvalue weighted by molar-refractivity contribution is 14.1. The van der Waals surface area contributed by atoms with E-state index in [9.17, 15) is 13.6 Å². The van der Waals surface area contributed by atoms with E-state index in [0.29, 0.717) is 22.4 Å². The number of oxime groups is 1. The number of hydrogen-bond acceptors (Lipinski definition) is 5. The van der Waals surface area contributed by atoms with Crippen LogP contribution in [0.15, 0.2) is 53.9 Å². The molecule has 0 saturated carbocycles. The van der Waals surface area contributed by atoms with Gasteiger partial charge in [0.25, 0.3) is 0 Å². The molecule has 5 nitrogen and oxygen atoms in total. The van der Waals surface area contributed by atoms with Crippen LogP contribution in [0.5, 0.6) is 0 Å². The van der Waals surface area contributed by atoms with Gasteiger partial charge in [0.15, 0.2) is 0 Å². The Hall–Kier alpha value is -2.49. The molecule has 0 unspecified atom stereocenters. The lowest BCUT2D eigenvalue weighted by molar-refractivity contribution is -0.133. The molecule has 8 heteroatoms. The van der Waals surface area contributed by atoms with Crippen molar-refractivity contribution in [3.05, 3.63) is 76.5 Å². The van der Waals surface area contributed by atoms with Gasteiger partial charge in [-0.25, -0.2) is 4.79 Å². The third-order valence-corrected chi connectivity index (χ3v) is 4.93. The molecule has 2 aromatic rings. The van der Waals surface area contributed by atoms with Crippen LogP contribution in [0.3, 0.4) is 0 Å². The Bertz CT molecular complexity index is 984. The van der Waals surface area contributed by atoms with E-state index in [1.54, 1.807) is 37.3 Å². The first-order valence-electron chi connectivity index (χ1n) is 9.39. The largest absolute Gasteiger partial charge is 0.503 e. The minimum atomic E-state index is -2.86. The zero-order valence-corrected chi connectivity index (χ0v) is 19.9. The van der Waals surface area contributed by atoms with Gasteiger partial charge >= 0.3 is 9.90 Å². The molecule has 2 rings (SSSR count). The lowest BCUT2D eigenvalue weighted by Gasteiger charge is -2.14. The Morgan fingerprint density at radius 3 is 2.45 bits per heavy atom. The van der Waals surface area contributed by atoms with Crippen LogP contribution in [0.2, 0.25) is 0 Å². The third-order valence-electron chi connectivity index (χ3n) is 4.55. The molecule has 2 aromatic carbocycles. The van der Waals surface area contributed by atoms with Gasteiger partial charge in [0, 0.05) is 17.5 Å². The summed E-state index contributed by atoms with van der Waals surface area (Å²) in [5.41, 5.74) is 4.04. The predicted molar refractivity (Wildman–Crippen MR) is 124 cm³/mol. The summed E-state index contributed by atoms with van der Waals surface area (Å²) in [7, 11) is 2.74. The fraction of sp³-hybridized carbons (Fsp3) is 0.304. The van der Waals surface area contributed by atoms with Crippen molar-refractivity contribution in [1.82, 2.24) is 0 Å². The number of nitrogens with zero attached hydrogens (tertiary/aromatic N) is 1. The molecule has 0 amide bonds. The van der Waals surface area contributed by atoms with Crippen molar-refractivity contribution < 1.29 is 27.9 Å². The average molecular weight is 543 g/mol. The number of alkyl halides is 3. The maximum absolute atomic E-state index is 13.5. The topological polar surface area (TPSA) is 57.1 Å². The SMILES string of the molecule is CO/C=C(/C(=O)OC)c1cccc(C)c1CO/N=C(\C)c1ccccc1CC(F)(F)I. The van der Waals surface area contributed by atoms with Crippen LogP contribution in [-0.4, -0.2) is 29.8 Å². The molecule has 0 heterocycles. The van der Waals surface area contributed by atoms with E-state index in [1.807, 2.05) is 19.1 Å². The number of methoxy groups -OCH3 is 2. The summed E-state index contributed by atoms with van der Waals surface area (Å²) in [6.45, 7) is 3.66. The summed E-state index contributed by atoms with van der Waals surface area (Å²) in [6.07, 6.45) is 0.919. The number of halogens is 3. The Morgan fingerprint density at radius 1 is 1.13 bits per heavy atom. The van der Waals surface area contributed by atoms with Gasteiger partial charge in [0.1, 0.15) is 12.2 Å². The molecule has 0 atom stereocenters. The fourth-order valence-electron chi connectivity index (χ4n) is 3.08. The van der Waals surface area contributed by atoms with Gasteiger partial charge in [0.05, 0.1) is 26.2 Å². The first-order chi connectivity index (χ1) is 14.7.